The predicted molar refractivity (Wildman–Crippen MR) is 73.8 cm³/mol. The maximum absolute atomic E-state index is 12.7. The summed E-state index contributed by atoms with van der Waals surface area (Å²) in [6.45, 7) is 7.90. The van der Waals surface area contributed by atoms with Crippen molar-refractivity contribution in [2.45, 2.75) is 46.6 Å². The minimum atomic E-state index is -0.930. The number of furan rings is 1. The molecule has 5 nitrogen and oxygen atoms in total. The van der Waals surface area contributed by atoms with Crippen molar-refractivity contribution in [3.05, 3.63) is 22.6 Å². The van der Waals surface area contributed by atoms with E-state index in [1.807, 2.05) is 20.8 Å². The Bertz CT molecular complexity index is 546. The highest BCUT2D eigenvalue weighted by Crippen LogP contribution is 2.28. The van der Waals surface area contributed by atoms with Crippen molar-refractivity contribution < 1.29 is 19.1 Å². The molecule has 1 aliphatic rings. The summed E-state index contributed by atoms with van der Waals surface area (Å²) in [5.41, 5.74) is 1.32. The fraction of sp³-hybridized carbons (Fsp3) is 0.600. The highest BCUT2D eigenvalue weighted by Gasteiger charge is 2.36. The second kappa shape index (κ2) is 5.31. The summed E-state index contributed by atoms with van der Waals surface area (Å²) < 4.78 is 5.48. The Kier molecular flexibility index (Phi) is 3.88. The summed E-state index contributed by atoms with van der Waals surface area (Å²) >= 11 is 0. The van der Waals surface area contributed by atoms with Gasteiger partial charge < -0.3 is 14.4 Å². The highest BCUT2D eigenvalue weighted by molar-refractivity contribution is 5.99. The van der Waals surface area contributed by atoms with Gasteiger partial charge in [-0.3, -0.25) is 4.79 Å². The standard InChI is InChI=1S/C15H21NO4/c1-8-5-6-16(12(7-8)15(18)19)14(17)13-9(2)10(3)20-11(13)4/h8,12H,5-7H2,1-4H3,(H,18,19). The molecule has 110 valence electrons. The minimum Gasteiger partial charge on any atom is -0.480 e. The number of hydrogen-bond donors (Lipinski definition) is 1. The van der Waals surface area contributed by atoms with Crippen LogP contribution in [0.5, 0.6) is 0 Å². The van der Waals surface area contributed by atoms with E-state index >= 15 is 0 Å². The topological polar surface area (TPSA) is 70.8 Å². The molecule has 1 amide bonds. The molecule has 1 N–H and O–H groups in total. The molecule has 1 saturated heterocycles. The minimum absolute atomic E-state index is 0.226. The molecule has 0 saturated carbocycles. The molecule has 20 heavy (non-hydrogen) atoms. The SMILES string of the molecule is Cc1oc(C)c(C(=O)N2CCC(C)CC2C(=O)O)c1C. The van der Waals surface area contributed by atoms with E-state index in [0.29, 0.717) is 36.0 Å². The van der Waals surface area contributed by atoms with Crippen LogP contribution in [0.2, 0.25) is 0 Å². The van der Waals surface area contributed by atoms with Gasteiger partial charge in [0.1, 0.15) is 17.6 Å². The van der Waals surface area contributed by atoms with Crippen molar-refractivity contribution in [2.24, 2.45) is 5.92 Å². The molecule has 2 atom stereocenters. The first-order valence-electron chi connectivity index (χ1n) is 6.93. The van der Waals surface area contributed by atoms with Gasteiger partial charge in [-0.1, -0.05) is 6.92 Å². The van der Waals surface area contributed by atoms with E-state index in [2.05, 4.69) is 0 Å². The lowest BCUT2D eigenvalue weighted by molar-refractivity contribution is -0.144. The lowest BCUT2D eigenvalue weighted by Crippen LogP contribution is -2.50. The molecule has 5 heteroatoms. The number of nitrogens with zero attached hydrogens (tertiary/aromatic N) is 1. The van der Waals surface area contributed by atoms with Crippen molar-refractivity contribution in [1.29, 1.82) is 0 Å². The molecule has 0 aliphatic carbocycles. The molecule has 0 spiro atoms. The Balaban J connectivity index is 2.33. The van der Waals surface area contributed by atoms with E-state index in [4.69, 9.17) is 4.42 Å². The van der Waals surface area contributed by atoms with E-state index in [1.54, 1.807) is 6.92 Å². The summed E-state index contributed by atoms with van der Waals surface area (Å²) in [4.78, 5) is 25.6. The van der Waals surface area contributed by atoms with Gasteiger partial charge in [0.15, 0.2) is 0 Å². The number of hydrogen-bond acceptors (Lipinski definition) is 3. The van der Waals surface area contributed by atoms with Crippen molar-refractivity contribution in [1.82, 2.24) is 4.90 Å². The number of carbonyl (C=O) groups excluding carboxylic acids is 1. The lowest BCUT2D eigenvalue weighted by atomic mass is 9.91. The monoisotopic (exact) mass is 279 g/mol. The molecule has 0 radical (unpaired) electrons. The number of aliphatic carboxylic acids is 1. The van der Waals surface area contributed by atoms with E-state index in [0.717, 1.165) is 12.0 Å². The van der Waals surface area contributed by atoms with Crippen LogP contribution in [0.3, 0.4) is 0 Å². The van der Waals surface area contributed by atoms with E-state index in [9.17, 15) is 14.7 Å². The van der Waals surface area contributed by atoms with E-state index < -0.39 is 12.0 Å². The zero-order valence-corrected chi connectivity index (χ0v) is 12.4. The van der Waals surface area contributed by atoms with Gasteiger partial charge in [0.05, 0.1) is 5.56 Å². The molecule has 0 bridgehead atoms. The van der Waals surface area contributed by atoms with Gasteiger partial charge in [-0.15, -0.1) is 0 Å². The largest absolute Gasteiger partial charge is 0.480 e. The Morgan fingerprint density at radius 2 is 1.90 bits per heavy atom. The van der Waals surface area contributed by atoms with E-state index in [-0.39, 0.29) is 5.91 Å². The summed E-state index contributed by atoms with van der Waals surface area (Å²) in [7, 11) is 0. The Hall–Kier alpha value is -1.78. The van der Waals surface area contributed by atoms with Gasteiger partial charge in [-0.2, -0.15) is 0 Å². The van der Waals surface area contributed by atoms with Gasteiger partial charge in [0, 0.05) is 12.1 Å². The van der Waals surface area contributed by atoms with Crippen LogP contribution in [-0.2, 0) is 4.79 Å². The van der Waals surface area contributed by atoms with Crippen LogP contribution < -0.4 is 0 Å². The molecule has 2 heterocycles. The van der Waals surface area contributed by atoms with E-state index in [1.165, 1.54) is 4.90 Å². The zero-order valence-electron chi connectivity index (χ0n) is 12.4. The molecule has 2 unspecified atom stereocenters. The maximum Gasteiger partial charge on any atom is 0.326 e. The second-order valence-electron chi connectivity index (χ2n) is 5.70. The van der Waals surface area contributed by atoms with Crippen molar-refractivity contribution in [3.63, 3.8) is 0 Å². The number of rotatable bonds is 2. The van der Waals surface area contributed by atoms with Gasteiger partial charge >= 0.3 is 5.97 Å². The molecule has 0 aromatic carbocycles. The second-order valence-corrected chi connectivity index (χ2v) is 5.70. The first-order chi connectivity index (χ1) is 9.32. The number of carboxylic acid groups (broad SMARTS) is 1. The van der Waals surface area contributed by atoms with Gasteiger partial charge in [-0.05, 0) is 39.5 Å². The van der Waals surface area contributed by atoms with Crippen molar-refractivity contribution >= 4 is 11.9 Å². The molecule has 1 aromatic rings. The van der Waals surface area contributed by atoms with Crippen LogP contribution in [0.15, 0.2) is 4.42 Å². The number of likely N-dealkylation sites (tertiary alicyclic amines) is 1. The number of amides is 1. The van der Waals surface area contributed by atoms with Crippen LogP contribution >= 0.6 is 0 Å². The third-order valence-electron chi connectivity index (χ3n) is 4.19. The Morgan fingerprint density at radius 3 is 2.40 bits per heavy atom. The molecule has 1 aliphatic heterocycles. The Morgan fingerprint density at radius 1 is 1.25 bits per heavy atom. The fourth-order valence-corrected chi connectivity index (χ4v) is 2.87. The normalized spacial score (nSPS) is 22.9. The van der Waals surface area contributed by atoms with Gasteiger partial charge in [0.25, 0.3) is 5.91 Å². The average Bonchev–Trinajstić information content (AvgIpc) is 2.62. The number of carbonyl (C=O) groups is 2. The number of carboxylic acids is 1. The first-order valence-corrected chi connectivity index (χ1v) is 6.93. The smallest absolute Gasteiger partial charge is 0.326 e. The fourth-order valence-electron chi connectivity index (χ4n) is 2.87. The quantitative estimate of drug-likeness (QED) is 0.903. The molecular formula is C15H21NO4. The molecule has 2 rings (SSSR count). The Labute approximate surface area is 118 Å². The zero-order chi connectivity index (χ0) is 15.0. The van der Waals surface area contributed by atoms with Crippen molar-refractivity contribution in [2.75, 3.05) is 6.54 Å². The maximum atomic E-state index is 12.7. The number of aryl methyl sites for hydroxylation is 2. The van der Waals surface area contributed by atoms with Crippen LogP contribution in [0.25, 0.3) is 0 Å². The van der Waals surface area contributed by atoms with Crippen LogP contribution in [-0.4, -0.2) is 34.5 Å². The predicted octanol–water partition coefficient (Wildman–Crippen LogP) is 2.53. The van der Waals surface area contributed by atoms with Crippen LogP contribution in [0, 0.1) is 26.7 Å². The summed E-state index contributed by atoms with van der Waals surface area (Å²) in [6.07, 6.45) is 1.35. The van der Waals surface area contributed by atoms with Gasteiger partial charge in [0.2, 0.25) is 0 Å². The number of piperidine rings is 1. The third kappa shape index (κ3) is 2.44. The van der Waals surface area contributed by atoms with Crippen LogP contribution in [0.4, 0.5) is 0 Å². The third-order valence-corrected chi connectivity index (χ3v) is 4.19. The summed E-state index contributed by atoms with van der Waals surface area (Å²) in [5, 5.41) is 9.35. The first kappa shape index (κ1) is 14.6. The summed E-state index contributed by atoms with van der Waals surface area (Å²) in [6, 6.07) is -0.736. The molecule has 1 aromatic heterocycles. The van der Waals surface area contributed by atoms with Gasteiger partial charge in [-0.25, -0.2) is 4.79 Å². The molecular weight excluding hydrogens is 258 g/mol. The average molecular weight is 279 g/mol. The lowest BCUT2D eigenvalue weighted by Gasteiger charge is -2.36. The summed E-state index contributed by atoms with van der Waals surface area (Å²) in [5.74, 6) is 0.445. The van der Waals surface area contributed by atoms with Crippen molar-refractivity contribution in [3.8, 4) is 0 Å². The highest BCUT2D eigenvalue weighted by atomic mass is 16.4. The van der Waals surface area contributed by atoms with Crippen LogP contribution in [0.1, 0.15) is 47.2 Å². The molecule has 1 fully saturated rings.